The van der Waals surface area contributed by atoms with E-state index in [0.29, 0.717) is 5.92 Å². The predicted octanol–water partition coefficient (Wildman–Crippen LogP) is 2.74. The van der Waals surface area contributed by atoms with E-state index in [1.165, 1.54) is 17.7 Å². The normalized spacial score (nSPS) is 19.2. The van der Waals surface area contributed by atoms with Gasteiger partial charge >= 0.3 is 0 Å². The van der Waals surface area contributed by atoms with E-state index in [2.05, 4.69) is 17.3 Å². The van der Waals surface area contributed by atoms with Crippen molar-refractivity contribution in [2.45, 2.75) is 31.7 Å². The van der Waals surface area contributed by atoms with Crippen LogP contribution in [0.4, 0.5) is 4.39 Å². The van der Waals surface area contributed by atoms with E-state index < -0.39 is 0 Å². The number of halogens is 1. The van der Waals surface area contributed by atoms with Crippen molar-refractivity contribution < 1.29 is 4.39 Å². The van der Waals surface area contributed by atoms with E-state index in [9.17, 15) is 4.39 Å². The maximum Gasteiger partial charge on any atom is 0.132 e. The van der Waals surface area contributed by atoms with E-state index in [-0.39, 0.29) is 5.82 Å². The van der Waals surface area contributed by atoms with E-state index in [4.69, 9.17) is 9.97 Å². The fraction of sp³-hybridized carbons (Fsp3) is 0.474. The second-order valence-electron chi connectivity index (χ2n) is 6.87. The van der Waals surface area contributed by atoms with Gasteiger partial charge in [-0.1, -0.05) is 0 Å². The number of nitrogens with zero attached hydrogens (tertiary/aromatic N) is 3. The molecule has 4 rings (SSSR count). The van der Waals surface area contributed by atoms with Crippen molar-refractivity contribution in [2.24, 2.45) is 0 Å². The van der Waals surface area contributed by atoms with Gasteiger partial charge in [0, 0.05) is 36.6 Å². The van der Waals surface area contributed by atoms with Gasteiger partial charge in [-0.25, -0.2) is 14.4 Å². The number of piperidine rings is 1. The number of fused-ring (bicyclic) bond motifs is 1. The van der Waals surface area contributed by atoms with Crippen molar-refractivity contribution in [1.29, 1.82) is 0 Å². The summed E-state index contributed by atoms with van der Waals surface area (Å²) in [6.45, 7) is 3.94. The number of benzene rings is 1. The Morgan fingerprint density at radius 3 is 2.62 bits per heavy atom. The zero-order chi connectivity index (χ0) is 16.5. The van der Waals surface area contributed by atoms with Gasteiger partial charge in [0.05, 0.1) is 11.4 Å². The Kier molecular flexibility index (Phi) is 4.29. The van der Waals surface area contributed by atoms with Crippen LogP contribution in [0.1, 0.15) is 35.8 Å². The minimum Gasteiger partial charge on any atom is -0.312 e. The monoisotopic (exact) mass is 326 g/mol. The molecular formula is C19H23FN4. The summed E-state index contributed by atoms with van der Waals surface area (Å²) in [7, 11) is 2.17. The summed E-state index contributed by atoms with van der Waals surface area (Å²) in [5.74, 6) is 1.19. The Morgan fingerprint density at radius 2 is 1.88 bits per heavy atom. The number of hydrogen-bond donors (Lipinski definition) is 1. The van der Waals surface area contributed by atoms with Crippen LogP contribution in [-0.4, -0.2) is 41.5 Å². The van der Waals surface area contributed by atoms with Crippen molar-refractivity contribution in [3.63, 3.8) is 0 Å². The Balaban J connectivity index is 1.76. The van der Waals surface area contributed by atoms with Crippen LogP contribution in [0.15, 0.2) is 24.3 Å². The van der Waals surface area contributed by atoms with Gasteiger partial charge in [-0.3, -0.25) is 0 Å². The number of likely N-dealkylation sites (tertiary alicyclic amines) is 1. The summed E-state index contributed by atoms with van der Waals surface area (Å²) >= 11 is 0. The van der Waals surface area contributed by atoms with Crippen LogP contribution >= 0.6 is 0 Å². The lowest BCUT2D eigenvalue weighted by Crippen LogP contribution is -2.31. The van der Waals surface area contributed by atoms with Crippen molar-refractivity contribution in [2.75, 3.05) is 26.7 Å². The van der Waals surface area contributed by atoms with Gasteiger partial charge in [0.25, 0.3) is 0 Å². The SMILES string of the molecule is CN1CCC(c2nc3c(c(-c4ccc(F)cc4)n2)CNCC3)CC1. The van der Waals surface area contributed by atoms with Gasteiger partial charge in [0.1, 0.15) is 11.6 Å². The van der Waals surface area contributed by atoms with Crippen molar-refractivity contribution in [1.82, 2.24) is 20.2 Å². The molecule has 126 valence electrons. The van der Waals surface area contributed by atoms with Gasteiger partial charge in [-0.2, -0.15) is 0 Å². The predicted molar refractivity (Wildman–Crippen MR) is 92.3 cm³/mol. The third-order valence-corrected chi connectivity index (χ3v) is 5.15. The van der Waals surface area contributed by atoms with Gasteiger partial charge in [-0.15, -0.1) is 0 Å². The molecule has 0 bridgehead atoms. The van der Waals surface area contributed by atoms with Crippen molar-refractivity contribution >= 4 is 0 Å². The second-order valence-corrected chi connectivity index (χ2v) is 6.87. The Hall–Kier alpha value is -1.85. The first-order chi connectivity index (χ1) is 11.7. The maximum atomic E-state index is 13.3. The van der Waals surface area contributed by atoms with Gasteiger partial charge in [-0.05, 0) is 57.2 Å². The first-order valence-electron chi connectivity index (χ1n) is 8.75. The summed E-state index contributed by atoms with van der Waals surface area (Å²) in [5.41, 5.74) is 4.29. The number of hydrogen-bond acceptors (Lipinski definition) is 4. The zero-order valence-electron chi connectivity index (χ0n) is 14.1. The maximum absolute atomic E-state index is 13.3. The summed E-state index contributed by atoms with van der Waals surface area (Å²) in [5, 5.41) is 3.41. The zero-order valence-corrected chi connectivity index (χ0v) is 14.1. The molecule has 0 saturated carbocycles. The fourth-order valence-electron chi connectivity index (χ4n) is 3.66. The van der Waals surface area contributed by atoms with Crippen molar-refractivity contribution in [3.05, 3.63) is 47.2 Å². The fourth-order valence-corrected chi connectivity index (χ4v) is 3.66. The summed E-state index contributed by atoms with van der Waals surface area (Å²) in [6, 6.07) is 6.67. The molecule has 4 nitrogen and oxygen atoms in total. The van der Waals surface area contributed by atoms with Crippen LogP contribution in [0.3, 0.4) is 0 Å². The smallest absolute Gasteiger partial charge is 0.132 e. The molecule has 0 atom stereocenters. The molecular weight excluding hydrogens is 303 g/mol. The van der Waals surface area contributed by atoms with Crippen LogP contribution < -0.4 is 5.32 Å². The highest BCUT2D eigenvalue weighted by Crippen LogP contribution is 2.31. The van der Waals surface area contributed by atoms with Gasteiger partial charge in [0.2, 0.25) is 0 Å². The summed E-state index contributed by atoms with van der Waals surface area (Å²) in [4.78, 5) is 12.2. The summed E-state index contributed by atoms with van der Waals surface area (Å²) < 4.78 is 13.3. The quantitative estimate of drug-likeness (QED) is 0.921. The molecule has 0 radical (unpaired) electrons. The molecule has 1 aromatic heterocycles. The highest BCUT2D eigenvalue weighted by Gasteiger charge is 2.25. The number of rotatable bonds is 2. The molecule has 0 spiro atoms. The molecule has 1 N–H and O–H groups in total. The summed E-state index contributed by atoms with van der Waals surface area (Å²) in [6.07, 6.45) is 3.15. The molecule has 24 heavy (non-hydrogen) atoms. The second kappa shape index (κ2) is 6.57. The molecule has 2 aromatic rings. The van der Waals surface area contributed by atoms with Gasteiger partial charge < -0.3 is 10.2 Å². The Morgan fingerprint density at radius 1 is 1.12 bits per heavy atom. The first kappa shape index (κ1) is 15.7. The molecule has 0 aliphatic carbocycles. The molecule has 1 fully saturated rings. The van der Waals surface area contributed by atoms with Crippen LogP contribution in [0.2, 0.25) is 0 Å². The Labute approximate surface area is 142 Å². The molecule has 2 aliphatic rings. The van der Waals surface area contributed by atoms with E-state index in [0.717, 1.165) is 68.2 Å². The molecule has 0 amide bonds. The van der Waals surface area contributed by atoms with Crippen molar-refractivity contribution in [3.8, 4) is 11.3 Å². The lowest BCUT2D eigenvalue weighted by atomic mass is 9.94. The van der Waals surface area contributed by atoms with Crippen LogP contribution in [0, 0.1) is 5.82 Å². The standard InChI is InChI=1S/C19H23FN4/c1-24-10-7-14(8-11-24)19-22-17-6-9-21-12-16(17)18(23-19)13-2-4-15(20)5-3-13/h2-5,14,21H,6-12H2,1H3. The topological polar surface area (TPSA) is 41.1 Å². The average Bonchev–Trinajstić information content (AvgIpc) is 2.62. The lowest BCUT2D eigenvalue weighted by molar-refractivity contribution is 0.251. The van der Waals surface area contributed by atoms with Crippen LogP contribution in [-0.2, 0) is 13.0 Å². The molecule has 2 aliphatic heterocycles. The highest BCUT2D eigenvalue weighted by molar-refractivity contribution is 5.64. The Bertz CT molecular complexity index is 721. The molecule has 3 heterocycles. The van der Waals surface area contributed by atoms with Gasteiger partial charge in [0.15, 0.2) is 0 Å². The molecule has 0 unspecified atom stereocenters. The van der Waals surface area contributed by atoms with E-state index >= 15 is 0 Å². The minimum atomic E-state index is -0.213. The van der Waals surface area contributed by atoms with Crippen LogP contribution in [0.5, 0.6) is 0 Å². The average molecular weight is 326 g/mol. The molecule has 1 aromatic carbocycles. The van der Waals surface area contributed by atoms with Crippen LogP contribution in [0.25, 0.3) is 11.3 Å². The number of aromatic nitrogens is 2. The lowest BCUT2D eigenvalue weighted by Gasteiger charge is -2.29. The largest absolute Gasteiger partial charge is 0.312 e. The van der Waals surface area contributed by atoms with E-state index in [1.807, 2.05) is 12.1 Å². The first-order valence-corrected chi connectivity index (χ1v) is 8.75. The third-order valence-electron chi connectivity index (χ3n) is 5.15. The third kappa shape index (κ3) is 3.06. The molecule has 1 saturated heterocycles. The highest BCUT2D eigenvalue weighted by atomic mass is 19.1. The minimum absolute atomic E-state index is 0.213. The van der Waals surface area contributed by atoms with E-state index in [1.54, 1.807) is 0 Å². The number of nitrogens with one attached hydrogen (secondary N) is 1. The molecule has 5 heteroatoms.